The summed E-state index contributed by atoms with van der Waals surface area (Å²) in [6, 6.07) is 4.24. The van der Waals surface area contributed by atoms with Gasteiger partial charge in [-0.2, -0.15) is 4.31 Å². The summed E-state index contributed by atoms with van der Waals surface area (Å²) < 4.78 is 28.2. The molecule has 5 nitrogen and oxygen atoms in total. The lowest BCUT2D eigenvalue weighted by Gasteiger charge is -2.38. The van der Waals surface area contributed by atoms with Gasteiger partial charge in [0.25, 0.3) is 0 Å². The van der Waals surface area contributed by atoms with Gasteiger partial charge in [0.1, 0.15) is 0 Å². The van der Waals surface area contributed by atoms with Crippen LogP contribution in [0.1, 0.15) is 68.6 Å². The van der Waals surface area contributed by atoms with Crippen LogP contribution in [0.4, 0.5) is 0 Å². The van der Waals surface area contributed by atoms with Gasteiger partial charge in [0.2, 0.25) is 15.9 Å². The van der Waals surface area contributed by atoms with Gasteiger partial charge >= 0.3 is 0 Å². The van der Waals surface area contributed by atoms with Crippen molar-refractivity contribution in [2.75, 3.05) is 19.6 Å². The number of carbonyl (C=O) groups excluding carboxylic acids is 1. The number of sulfonamides is 1. The number of hydrogen-bond donors (Lipinski definition) is 0. The van der Waals surface area contributed by atoms with Crippen molar-refractivity contribution in [1.29, 1.82) is 0 Å². The monoisotopic (exact) mass is 420 g/mol. The van der Waals surface area contributed by atoms with Gasteiger partial charge in [0.15, 0.2) is 0 Å². The fourth-order valence-corrected chi connectivity index (χ4v) is 7.15. The molecule has 0 radical (unpaired) electrons. The normalized spacial score (nSPS) is 20.0. The predicted molar refractivity (Wildman–Crippen MR) is 116 cm³/mol. The van der Waals surface area contributed by atoms with Gasteiger partial charge < -0.3 is 4.90 Å². The van der Waals surface area contributed by atoms with Gasteiger partial charge in [-0.25, -0.2) is 8.42 Å². The first-order valence-electron chi connectivity index (χ1n) is 11.1. The Labute approximate surface area is 176 Å². The second kappa shape index (κ2) is 9.17. The summed E-state index contributed by atoms with van der Waals surface area (Å²) in [5.74, 6) is 0.183. The molecule has 0 atom stereocenters. The fourth-order valence-electron chi connectivity index (χ4n) is 5.27. The number of nitrogens with zero attached hydrogens (tertiary/aromatic N) is 2. The lowest BCUT2D eigenvalue weighted by atomic mass is 9.91. The van der Waals surface area contributed by atoms with Crippen LogP contribution in [-0.4, -0.2) is 49.2 Å². The minimum atomic E-state index is -3.53. The third kappa shape index (κ3) is 4.69. The van der Waals surface area contributed by atoms with Gasteiger partial charge in [0.05, 0.1) is 4.90 Å². The Bertz CT molecular complexity index is 813. The van der Waals surface area contributed by atoms with Gasteiger partial charge in [-0.3, -0.25) is 4.79 Å². The Kier molecular flexibility index (Phi) is 7.05. The first kappa shape index (κ1) is 22.3. The maximum atomic E-state index is 13.3. The van der Waals surface area contributed by atoms with Crippen LogP contribution in [-0.2, 0) is 14.8 Å². The molecule has 1 aromatic carbocycles. The van der Waals surface area contributed by atoms with Crippen LogP contribution in [0.3, 0.4) is 0 Å². The van der Waals surface area contributed by atoms with Crippen molar-refractivity contribution in [2.24, 2.45) is 5.92 Å². The molecule has 162 valence electrons. The Balaban J connectivity index is 1.69. The summed E-state index contributed by atoms with van der Waals surface area (Å²) >= 11 is 0. The van der Waals surface area contributed by atoms with Crippen LogP contribution in [0.25, 0.3) is 0 Å². The molecule has 1 heterocycles. The molecule has 1 aliphatic carbocycles. The maximum Gasteiger partial charge on any atom is 0.243 e. The van der Waals surface area contributed by atoms with Crippen molar-refractivity contribution in [3.05, 3.63) is 28.8 Å². The molecule has 1 amide bonds. The Morgan fingerprint density at radius 3 is 2.07 bits per heavy atom. The highest BCUT2D eigenvalue weighted by Crippen LogP contribution is 2.31. The van der Waals surface area contributed by atoms with E-state index in [1.54, 1.807) is 4.31 Å². The van der Waals surface area contributed by atoms with Crippen LogP contribution in [0, 0.1) is 26.7 Å². The van der Waals surface area contributed by atoms with Crippen molar-refractivity contribution in [3.8, 4) is 0 Å². The number of benzene rings is 1. The van der Waals surface area contributed by atoms with E-state index in [4.69, 9.17) is 0 Å². The first-order chi connectivity index (χ1) is 13.8. The zero-order valence-corrected chi connectivity index (χ0v) is 19.2. The third-order valence-electron chi connectivity index (χ3n) is 6.64. The molecule has 1 aromatic rings. The van der Waals surface area contributed by atoms with Gasteiger partial charge in [0, 0.05) is 31.6 Å². The molecule has 1 saturated heterocycles. The second-order valence-corrected chi connectivity index (χ2v) is 10.7. The van der Waals surface area contributed by atoms with E-state index in [-0.39, 0.29) is 11.8 Å². The molecule has 0 unspecified atom stereocenters. The Hall–Kier alpha value is -1.40. The highest BCUT2D eigenvalue weighted by atomic mass is 32.2. The van der Waals surface area contributed by atoms with Crippen LogP contribution in [0.2, 0.25) is 0 Å². The number of carbonyl (C=O) groups is 1. The number of piperidine rings is 1. The molecule has 2 aliphatic rings. The zero-order chi connectivity index (χ0) is 21.2. The average molecular weight is 421 g/mol. The lowest BCUT2D eigenvalue weighted by molar-refractivity contribution is -0.139. The van der Waals surface area contributed by atoms with E-state index in [0.717, 1.165) is 36.1 Å². The van der Waals surface area contributed by atoms with E-state index in [1.165, 1.54) is 19.3 Å². The fraction of sp³-hybridized carbons (Fsp3) is 0.696. The minimum absolute atomic E-state index is 0.0523. The average Bonchev–Trinajstić information content (AvgIpc) is 2.68. The van der Waals surface area contributed by atoms with E-state index in [1.807, 2.05) is 32.9 Å². The van der Waals surface area contributed by atoms with Gasteiger partial charge in [-0.1, -0.05) is 37.0 Å². The van der Waals surface area contributed by atoms with E-state index < -0.39 is 10.0 Å². The van der Waals surface area contributed by atoms with Crippen molar-refractivity contribution in [1.82, 2.24) is 9.21 Å². The van der Waals surface area contributed by atoms with Crippen LogP contribution < -0.4 is 0 Å². The molecule has 2 fully saturated rings. The van der Waals surface area contributed by atoms with E-state index in [9.17, 15) is 13.2 Å². The van der Waals surface area contributed by atoms with Gasteiger partial charge in [-0.15, -0.1) is 0 Å². The van der Waals surface area contributed by atoms with Gasteiger partial charge in [-0.05, 0) is 64.5 Å². The predicted octanol–water partition coefficient (Wildman–Crippen LogP) is 4.19. The molecule has 3 rings (SSSR count). The molecule has 0 N–H and O–H groups in total. The highest BCUT2D eigenvalue weighted by molar-refractivity contribution is 7.89. The summed E-state index contributed by atoms with van der Waals surface area (Å²) in [7, 11) is -3.53. The van der Waals surface area contributed by atoms with Crippen LogP contribution in [0.5, 0.6) is 0 Å². The molecule has 6 heteroatoms. The molecule has 29 heavy (non-hydrogen) atoms. The lowest BCUT2D eigenvalue weighted by Crippen LogP contribution is -2.48. The van der Waals surface area contributed by atoms with Crippen LogP contribution in [0.15, 0.2) is 17.0 Å². The van der Waals surface area contributed by atoms with Crippen molar-refractivity contribution < 1.29 is 13.2 Å². The summed E-state index contributed by atoms with van der Waals surface area (Å²) in [5.41, 5.74) is 2.68. The maximum absolute atomic E-state index is 13.3. The Morgan fingerprint density at radius 2 is 1.55 bits per heavy atom. The molecule has 1 aliphatic heterocycles. The molecule has 0 spiro atoms. The number of rotatable bonds is 5. The van der Waals surface area contributed by atoms with E-state index in [0.29, 0.717) is 36.9 Å². The zero-order valence-electron chi connectivity index (χ0n) is 18.4. The largest absolute Gasteiger partial charge is 0.340 e. The number of aryl methyl sites for hydroxylation is 3. The summed E-state index contributed by atoms with van der Waals surface area (Å²) in [6.07, 6.45) is 7.14. The van der Waals surface area contributed by atoms with Crippen molar-refractivity contribution in [2.45, 2.75) is 83.6 Å². The SMILES string of the molecule is CCN(C(=O)C1CCN(S(=O)(=O)c2c(C)cc(C)cc2C)CC1)C1CCCCC1. The van der Waals surface area contributed by atoms with E-state index >= 15 is 0 Å². The first-order valence-corrected chi connectivity index (χ1v) is 12.6. The molecule has 0 aromatic heterocycles. The third-order valence-corrected chi connectivity index (χ3v) is 8.85. The second-order valence-electron chi connectivity index (χ2n) is 8.82. The smallest absolute Gasteiger partial charge is 0.243 e. The quantitative estimate of drug-likeness (QED) is 0.717. The Morgan fingerprint density at radius 1 is 1.00 bits per heavy atom. The summed E-state index contributed by atoms with van der Waals surface area (Å²) in [6.45, 7) is 9.39. The topological polar surface area (TPSA) is 57.7 Å². The van der Waals surface area contributed by atoms with Crippen molar-refractivity contribution >= 4 is 15.9 Å². The standard InChI is InChI=1S/C23H36N2O3S/c1-5-25(21-9-7-6-8-10-21)23(26)20-11-13-24(14-12-20)29(27,28)22-18(3)15-17(2)16-19(22)4/h15-16,20-21H,5-14H2,1-4H3. The number of amides is 1. The number of hydrogen-bond acceptors (Lipinski definition) is 3. The highest BCUT2D eigenvalue weighted by Gasteiger charge is 2.36. The molecular weight excluding hydrogens is 384 g/mol. The van der Waals surface area contributed by atoms with E-state index in [2.05, 4.69) is 11.8 Å². The molecular formula is C23H36N2O3S. The summed E-state index contributed by atoms with van der Waals surface area (Å²) in [5, 5.41) is 0. The van der Waals surface area contributed by atoms with Crippen molar-refractivity contribution in [3.63, 3.8) is 0 Å². The summed E-state index contributed by atoms with van der Waals surface area (Å²) in [4.78, 5) is 15.7. The molecule has 1 saturated carbocycles. The van der Waals surface area contributed by atoms with Crippen LogP contribution >= 0.6 is 0 Å². The minimum Gasteiger partial charge on any atom is -0.340 e. The molecule has 0 bridgehead atoms.